The summed E-state index contributed by atoms with van der Waals surface area (Å²) in [4.78, 5) is 9.56. The molecule has 36 valence electrons. The molecule has 0 amide bonds. The molecule has 0 aromatic heterocycles. The highest BCUT2D eigenvalue weighted by Crippen LogP contribution is 1.72. The summed E-state index contributed by atoms with van der Waals surface area (Å²) in [5, 5.41) is 0. The molecule has 0 spiro atoms. The Bertz CT molecular complexity index is 106. The van der Waals surface area contributed by atoms with Crippen LogP contribution in [0.25, 0.3) is 0 Å². The summed E-state index contributed by atoms with van der Waals surface area (Å²) in [6.07, 6.45) is 9.18. The van der Waals surface area contributed by atoms with E-state index in [9.17, 15) is 4.79 Å². The van der Waals surface area contributed by atoms with Gasteiger partial charge in [0, 0.05) is 6.42 Å². The van der Waals surface area contributed by atoms with Crippen LogP contribution in [0.3, 0.4) is 0 Å². The molecule has 1 nitrogen and oxygen atoms in total. The molecular formula is C6H6O. The number of carbonyl (C=O) groups is 1. The maximum atomic E-state index is 9.56. The number of hydrogen-bond donors (Lipinski definition) is 0. The Morgan fingerprint density at radius 2 is 2.43 bits per heavy atom. The van der Waals surface area contributed by atoms with Gasteiger partial charge in [0.25, 0.3) is 0 Å². The highest BCUT2D eigenvalue weighted by atomic mass is 16.1. The summed E-state index contributed by atoms with van der Waals surface area (Å²) in [7, 11) is 0. The first-order chi connectivity index (χ1) is 3.41. The molecule has 0 aromatic rings. The van der Waals surface area contributed by atoms with Crippen LogP contribution in [-0.2, 0) is 4.79 Å². The van der Waals surface area contributed by atoms with Gasteiger partial charge in [0.15, 0.2) is 0 Å². The molecule has 0 heterocycles. The minimum atomic E-state index is 0.421. The third kappa shape index (κ3) is 4.97. The molecule has 0 atom stereocenters. The van der Waals surface area contributed by atoms with Gasteiger partial charge in [-0.05, 0) is 6.08 Å². The first-order valence-electron chi connectivity index (χ1n) is 1.96. The van der Waals surface area contributed by atoms with Gasteiger partial charge in [-0.15, -0.1) is 6.42 Å². The molecule has 0 bridgehead atoms. The number of allylic oxidation sites excluding steroid dienone is 2. The normalized spacial score (nSPS) is 8.43. The SMILES string of the molecule is C#C/C=C/CC=O. The van der Waals surface area contributed by atoms with Crippen molar-refractivity contribution in [3.05, 3.63) is 12.2 Å². The van der Waals surface area contributed by atoms with Crippen molar-refractivity contribution in [2.75, 3.05) is 0 Å². The Morgan fingerprint density at radius 3 is 2.86 bits per heavy atom. The van der Waals surface area contributed by atoms with Crippen LogP contribution in [0.1, 0.15) is 6.42 Å². The summed E-state index contributed by atoms with van der Waals surface area (Å²) >= 11 is 0. The Kier molecular flexibility index (Phi) is 4.24. The van der Waals surface area contributed by atoms with E-state index in [0.717, 1.165) is 6.29 Å². The van der Waals surface area contributed by atoms with Crippen molar-refractivity contribution in [3.8, 4) is 12.3 Å². The third-order valence-corrected chi connectivity index (χ3v) is 0.446. The monoisotopic (exact) mass is 94.0 g/mol. The van der Waals surface area contributed by atoms with Crippen molar-refractivity contribution >= 4 is 6.29 Å². The lowest BCUT2D eigenvalue weighted by molar-refractivity contribution is -0.107. The fourth-order valence-corrected chi connectivity index (χ4v) is 0.192. The van der Waals surface area contributed by atoms with Crippen molar-refractivity contribution in [3.63, 3.8) is 0 Å². The van der Waals surface area contributed by atoms with Gasteiger partial charge in [-0.25, -0.2) is 0 Å². The van der Waals surface area contributed by atoms with Gasteiger partial charge in [-0.1, -0.05) is 12.0 Å². The standard InChI is InChI=1S/C6H6O/c1-2-3-4-5-6-7/h1,3-4,6H,5H2/b4-3+. The van der Waals surface area contributed by atoms with E-state index in [1.165, 1.54) is 6.08 Å². The first kappa shape index (κ1) is 5.97. The summed E-state index contributed by atoms with van der Waals surface area (Å²) in [6.45, 7) is 0. The van der Waals surface area contributed by atoms with Gasteiger partial charge in [0.1, 0.15) is 6.29 Å². The average molecular weight is 94.1 g/mol. The Labute approximate surface area is 43.0 Å². The molecule has 0 N–H and O–H groups in total. The highest BCUT2D eigenvalue weighted by molar-refractivity contribution is 5.52. The maximum absolute atomic E-state index is 9.56. The van der Waals surface area contributed by atoms with Crippen molar-refractivity contribution in [1.29, 1.82) is 0 Å². The van der Waals surface area contributed by atoms with E-state index in [1.807, 2.05) is 0 Å². The van der Waals surface area contributed by atoms with Crippen LogP contribution in [0.2, 0.25) is 0 Å². The van der Waals surface area contributed by atoms with Crippen molar-refractivity contribution in [2.45, 2.75) is 6.42 Å². The van der Waals surface area contributed by atoms with Crippen LogP contribution in [0.4, 0.5) is 0 Å². The summed E-state index contributed by atoms with van der Waals surface area (Å²) in [6, 6.07) is 0. The van der Waals surface area contributed by atoms with Crippen LogP contribution < -0.4 is 0 Å². The zero-order chi connectivity index (χ0) is 5.54. The van der Waals surface area contributed by atoms with Gasteiger partial charge in [-0.2, -0.15) is 0 Å². The molecule has 0 unspecified atom stereocenters. The van der Waals surface area contributed by atoms with E-state index in [0.29, 0.717) is 6.42 Å². The van der Waals surface area contributed by atoms with E-state index < -0.39 is 0 Å². The number of carbonyl (C=O) groups excluding carboxylic acids is 1. The zero-order valence-electron chi connectivity index (χ0n) is 3.92. The minimum Gasteiger partial charge on any atom is -0.303 e. The molecule has 0 saturated carbocycles. The molecule has 0 aliphatic heterocycles. The van der Waals surface area contributed by atoms with Gasteiger partial charge in [0.2, 0.25) is 0 Å². The van der Waals surface area contributed by atoms with Gasteiger partial charge >= 0.3 is 0 Å². The number of terminal acetylenes is 1. The molecule has 0 aliphatic carbocycles. The first-order valence-corrected chi connectivity index (χ1v) is 1.96. The molecule has 0 fully saturated rings. The summed E-state index contributed by atoms with van der Waals surface area (Å²) < 4.78 is 0. The van der Waals surface area contributed by atoms with Crippen LogP contribution >= 0.6 is 0 Å². The lowest BCUT2D eigenvalue weighted by Gasteiger charge is -1.65. The quantitative estimate of drug-likeness (QED) is 0.365. The number of hydrogen-bond acceptors (Lipinski definition) is 1. The average Bonchev–Trinajstić information content (AvgIpc) is 1.69. The van der Waals surface area contributed by atoms with Gasteiger partial charge in [0.05, 0.1) is 0 Å². The van der Waals surface area contributed by atoms with Crippen molar-refractivity contribution < 1.29 is 4.79 Å². The Hall–Kier alpha value is -1.03. The van der Waals surface area contributed by atoms with Crippen molar-refractivity contribution in [2.24, 2.45) is 0 Å². The molecular weight excluding hydrogens is 88.1 g/mol. The largest absolute Gasteiger partial charge is 0.303 e. The van der Waals surface area contributed by atoms with Crippen LogP contribution in [0, 0.1) is 12.3 Å². The van der Waals surface area contributed by atoms with E-state index in [2.05, 4.69) is 5.92 Å². The summed E-state index contributed by atoms with van der Waals surface area (Å²) in [5.74, 6) is 2.26. The fourth-order valence-electron chi connectivity index (χ4n) is 0.192. The zero-order valence-corrected chi connectivity index (χ0v) is 3.92. The lowest BCUT2D eigenvalue weighted by Crippen LogP contribution is -1.62. The van der Waals surface area contributed by atoms with Crippen LogP contribution in [-0.4, -0.2) is 6.29 Å². The second-order valence-corrected chi connectivity index (χ2v) is 0.971. The number of aldehydes is 1. The molecule has 0 aliphatic rings. The fraction of sp³-hybridized carbons (Fsp3) is 0.167. The molecule has 7 heavy (non-hydrogen) atoms. The van der Waals surface area contributed by atoms with E-state index in [4.69, 9.17) is 6.42 Å². The van der Waals surface area contributed by atoms with Crippen molar-refractivity contribution in [1.82, 2.24) is 0 Å². The van der Waals surface area contributed by atoms with Gasteiger partial charge < -0.3 is 4.79 Å². The number of rotatable bonds is 2. The molecule has 0 radical (unpaired) electrons. The predicted octanol–water partition coefficient (Wildman–Crippen LogP) is 0.765. The molecule has 0 aromatic carbocycles. The van der Waals surface area contributed by atoms with Crippen LogP contribution in [0.15, 0.2) is 12.2 Å². The molecule has 0 rings (SSSR count). The predicted molar refractivity (Wildman–Crippen MR) is 28.7 cm³/mol. The van der Waals surface area contributed by atoms with Gasteiger partial charge in [-0.3, -0.25) is 0 Å². The Morgan fingerprint density at radius 1 is 1.71 bits per heavy atom. The van der Waals surface area contributed by atoms with Crippen LogP contribution in [0.5, 0.6) is 0 Å². The minimum absolute atomic E-state index is 0.421. The third-order valence-electron chi connectivity index (χ3n) is 0.446. The topological polar surface area (TPSA) is 17.1 Å². The smallest absolute Gasteiger partial charge is 0.123 e. The van der Waals surface area contributed by atoms with E-state index in [1.54, 1.807) is 6.08 Å². The highest BCUT2D eigenvalue weighted by Gasteiger charge is 1.64. The summed E-state index contributed by atoms with van der Waals surface area (Å²) in [5.41, 5.74) is 0. The second-order valence-electron chi connectivity index (χ2n) is 0.971. The Balaban J connectivity index is 3.14. The second kappa shape index (κ2) is 4.97. The van der Waals surface area contributed by atoms with E-state index >= 15 is 0 Å². The van der Waals surface area contributed by atoms with E-state index in [-0.39, 0.29) is 0 Å². The maximum Gasteiger partial charge on any atom is 0.123 e. The molecule has 1 heteroatoms. The lowest BCUT2D eigenvalue weighted by atomic mass is 10.4. The molecule has 0 saturated heterocycles.